The van der Waals surface area contributed by atoms with Gasteiger partial charge in [0.25, 0.3) is 0 Å². The number of carbonyl (C=O) groups is 2. The molecule has 0 bridgehead atoms. The number of carbonyl (C=O) groups excluding carboxylic acids is 2. The van der Waals surface area contributed by atoms with E-state index in [1.165, 1.54) is 5.56 Å². The van der Waals surface area contributed by atoms with Gasteiger partial charge in [0.05, 0.1) is 5.88 Å². The Kier molecular flexibility index (Phi) is 7.96. The number of hydrogen-bond donors (Lipinski definition) is 0. The lowest BCUT2D eigenvalue weighted by Crippen LogP contribution is -2.49. The first-order chi connectivity index (χ1) is 13.1. The topological polar surface area (TPSA) is 43.9 Å². The zero-order chi connectivity index (χ0) is 20.9. The van der Waals surface area contributed by atoms with Crippen molar-refractivity contribution in [2.24, 2.45) is 5.41 Å². The molecule has 1 aliphatic heterocycles. The Hall–Kier alpha value is -1.53. The van der Waals surface area contributed by atoms with Gasteiger partial charge in [-0.1, -0.05) is 45.0 Å². The largest absolute Gasteiger partial charge is 0.337 e. The smallest absolute Gasteiger partial charge is 0.246 e. The molecule has 0 aliphatic carbocycles. The summed E-state index contributed by atoms with van der Waals surface area (Å²) in [4.78, 5) is 31.7. The first-order valence-corrected chi connectivity index (χ1v) is 11.1. The predicted molar refractivity (Wildman–Crippen MR) is 117 cm³/mol. The minimum Gasteiger partial charge on any atom is -0.337 e. The van der Waals surface area contributed by atoms with E-state index >= 15 is 0 Å². The number of likely N-dealkylation sites (N-methyl/N-ethyl adjacent to an activating group) is 1. The quantitative estimate of drug-likeness (QED) is 0.697. The van der Waals surface area contributed by atoms with Crippen molar-refractivity contribution in [3.63, 3.8) is 0 Å². The molecule has 156 valence electrons. The van der Waals surface area contributed by atoms with Crippen LogP contribution in [0.25, 0.3) is 0 Å². The Bertz CT molecular complexity index is 667. The highest BCUT2D eigenvalue weighted by atomic mass is 32.2. The molecule has 1 atom stereocenters. The van der Waals surface area contributed by atoms with Gasteiger partial charge in [-0.2, -0.15) is 0 Å². The Morgan fingerprint density at radius 1 is 1.11 bits per heavy atom. The van der Waals surface area contributed by atoms with Crippen molar-refractivity contribution in [3.8, 4) is 0 Å². The maximum atomic E-state index is 13.2. The normalized spacial score (nSPS) is 17.2. The van der Waals surface area contributed by atoms with Crippen LogP contribution < -0.4 is 0 Å². The third-order valence-electron chi connectivity index (χ3n) is 4.76. The molecule has 0 aromatic heterocycles. The first-order valence-electron chi connectivity index (χ1n) is 9.99. The molecule has 1 saturated heterocycles. The van der Waals surface area contributed by atoms with E-state index in [1.54, 1.807) is 16.7 Å². The van der Waals surface area contributed by atoms with Crippen molar-refractivity contribution in [1.29, 1.82) is 0 Å². The first kappa shape index (κ1) is 22.8. The van der Waals surface area contributed by atoms with Crippen LogP contribution in [-0.4, -0.2) is 64.8 Å². The van der Waals surface area contributed by atoms with E-state index in [1.807, 2.05) is 11.8 Å². The second kappa shape index (κ2) is 9.79. The van der Waals surface area contributed by atoms with Crippen molar-refractivity contribution < 1.29 is 9.59 Å². The monoisotopic (exact) mass is 405 g/mol. The molecule has 6 heteroatoms. The van der Waals surface area contributed by atoms with Crippen LogP contribution in [0.15, 0.2) is 24.3 Å². The predicted octanol–water partition coefficient (Wildman–Crippen LogP) is 3.43. The van der Waals surface area contributed by atoms with Crippen LogP contribution in [-0.2, 0) is 22.7 Å². The summed E-state index contributed by atoms with van der Waals surface area (Å²) in [7, 11) is 4.11. The summed E-state index contributed by atoms with van der Waals surface area (Å²) in [5.41, 5.74) is 2.31. The van der Waals surface area contributed by atoms with Gasteiger partial charge in [-0.25, -0.2) is 0 Å². The van der Waals surface area contributed by atoms with E-state index < -0.39 is 0 Å². The summed E-state index contributed by atoms with van der Waals surface area (Å²) in [5, 5.41) is 0. The Morgan fingerprint density at radius 2 is 1.68 bits per heavy atom. The molecule has 5 nitrogen and oxygen atoms in total. The zero-order valence-electron chi connectivity index (χ0n) is 18.2. The van der Waals surface area contributed by atoms with Crippen molar-refractivity contribution in [2.75, 3.05) is 32.3 Å². The minimum atomic E-state index is -0.340. The minimum absolute atomic E-state index is 0.0622. The van der Waals surface area contributed by atoms with Gasteiger partial charge in [0.2, 0.25) is 11.8 Å². The van der Waals surface area contributed by atoms with Crippen LogP contribution in [0.2, 0.25) is 0 Å². The zero-order valence-corrected chi connectivity index (χ0v) is 19.0. The van der Waals surface area contributed by atoms with Gasteiger partial charge in [-0.15, -0.1) is 11.8 Å². The van der Waals surface area contributed by atoms with Gasteiger partial charge in [0.1, 0.15) is 6.04 Å². The number of hydrogen-bond acceptors (Lipinski definition) is 4. The summed E-state index contributed by atoms with van der Waals surface area (Å²) in [6.07, 6.45) is 0.469. The number of thioether (sulfide) groups is 1. The van der Waals surface area contributed by atoms with E-state index in [0.29, 0.717) is 31.1 Å². The molecule has 1 fully saturated rings. The van der Waals surface area contributed by atoms with Gasteiger partial charge in [-0.05, 0) is 37.6 Å². The summed E-state index contributed by atoms with van der Waals surface area (Å²) in [6.45, 7) is 10.3. The highest BCUT2D eigenvalue weighted by Gasteiger charge is 2.37. The lowest BCUT2D eigenvalue weighted by molar-refractivity contribution is -0.144. The average Bonchev–Trinajstić information content (AvgIpc) is 3.08. The molecule has 1 unspecified atom stereocenters. The lowest BCUT2D eigenvalue weighted by atomic mass is 9.91. The Balaban J connectivity index is 2.04. The number of rotatable bonds is 7. The van der Waals surface area contributed by atoms with Gasteiger partial charge >= 0.3 is 0 Å². The van der Waals surface area contributed by atoms with E-state index in [2.05, 4.69) is 64.0 Å². The van der Waals surface area contributed by atoms with Gasteiger partial charge in [0, 0.05) is 31.8 Å². The maximum Gasteiger partial charge on any atom is 0.246 e. The standard InChI is InChI=1S/C22H35N3O2S/c1-7-24(14-18-10-8-17(9-11-18)13-23(5)6)21(27)19-15-28-16-25(19)20(26)12-22(2,3)4/h8-11,19H,7,12-16H2,1-6H3. The molecule has 2 amide bonds. The fraction of sp³-hybridized carbons (Fsp3) is 0.636. The van der Waals surface area contributed by atoms with Crippen molar-refractivity contribution >= 4 is 23.6 Å². The lowest BCUT2D eigenvalue weighted by Gasteiger charge is -2.31. The number of amides is 2. The summed E-state index contributed by atoms with van der Waals surface area (Å²) >= 11 is 1.67. The van der Waals surface area contributed by atoms with Crippen LogP contribution >= 0.6 is 11.8 Å². The van der Waals surface area contributed by atoms with Crippen LogP contribution in [0.1, 0.15) is 45.2 Å². The Labute approximate surface area is 174 Å². The SMILES string of the molecule is CCN(Cc1ccc(CN(C)C)cc1)C(=O)C1CSCN1C(=O)CC(C)(C)C. The number of benzene rings is 1. The third-order valence-corrected chi connectivity index (χ3v) is 5.77. The third kappa shape index (κ3) is 6.52. The fourth-order valence-corrected chi connectivity index (χ4v) is 4.51. The molecular formula is C22H35N3O2S. The summed E-state index contributed by atoms with van der Waals surface area (Å²) < 4.78 is 0. The molecule has 0 saturated carbocycles. The van der Waals surface area contributed by atoms with E-state index in [9.17, 15) is 9.59 Å². The van der Waals surface area contributed by atoms with Crippen molar-refractivity contribution in [3.05, 3.63) is 35.4 Å². The highest BCUT2D eigenvalue weighted by Crippen LogP contribution is 2.27. The molecule has 0 radical (unpaired) electrons. The molecule has 0 spiro atoms. The van der Waals surface area contributed by atoms with Gasteiger partial charge in [-0.3, -0.25) is 9.59 Å². The van der Waals surface area contributed by atoms with Crippen molar-refractivity contribution in [2.45, 2.75) is 53.2 Å². The van der Waals surface area contributed by atoms with Gasteiger partial charge in [0.15, 0.2) is 0 Å². The molecule has 1 aromatic carbocycles. The van der Waals surface area contributed by atoms with Gasteiger partial charge < -0.3 is 14.7 Å². The van der Waals surface area contributed by atoms with Crippen LogP contribution in [0.4, 0.5) is 0 Å². The summed E-state index contributed by atoms with van der Waals surface area (Å²) in [6, 6.07) is 8.10. The molecule has 1 aliphatic rings. The molecule has 1 heterocycles. The molecule has 28 heavy (non-hydrogen) atoms. The van der Waals surface area contributed by atoms with Crippen molar-refractivity contribution in [1.82, 2.24) is 14.7 Å². The fourth-order valence-electron chi connectivity index (χ4n) is 3.34. The second-order valence-electron chi connectivity index (χ2n) is 9.02. The van der Waals surface area contributed by atoms with Crippen LogP contribution in [0.5, 0.6) is 0 Å². The molecule has 2 rings (SSSR count). The second-order valence-corrected chi connectivity index (χ2v) is 10.0. The van der Waals surface area contributed by atoms with E-state index in [-0.39, 0.29) is 23.3 Å². The number of nitrogens with zero attached hydrogens (tertiary/aromatic N) is 3. The Morgan fingerprint density at radius 3 is 2.18 bits per heavy atom. The average molecular weight is 406 g/mol. The molecule has 0 N–H and O–H groups in total. The highest BCUT2D eigenvalue weighted by molar-refractivity contribution is 7.99. The molecular weight excluding hydrogens is 370 g/mol. The maximum absolute atomic E-state index is 13.2. The van der Waals surface area contributed by atoms with E-state index in [4.69, 9.17) is 0 Å². The molecule has 1 aromatic rings. The van der Waals surface area contributed by atoms with E-state index in [0.717, 1.165) is 12.1 Å². The van der Waals surface area contributed by atoms with Crippen LogP contribution in [0.3, 0.4) is 0 Å². The summed E-state index contributed by atoms with van der Waals surface area (Å²) in [5.74, 6) is 1.45. The van der Waals surface area contributed by atoms with Crippen LogP contribution in [0, 0.1) is 5.41 Å².